The predicted octanol–water partition coefficient (Wildman–Crippen LogP) is 3.98. The third kappa shape index (κ3) is 3.42. The zero-order valence-corrected chi connectivity index (χ0v) is 16.1. The van der Waals surface area contributed by atoms with E-state index >= 15 is 0 Å². The summed E-state index contributed by atoms with van der Waals surface area (Å²) in [5.41, 5.74) is 7.78. The van der Waals surface area contributed by atoms with Crippen LogP contribution in [0.15, 0.2) is 65.6 Å². The number of nitrogens with two attached hydrogens (primary N) is 1. The van der Waals surface area contributed by atoms with Gasteiger partial charge in [-0.1, -0.05) is 36.4 Å². The molecule has 4 aromatic rings. The first-order chi connectivity index (χ1) is 14.0. The van der Waals surface area contributed by atoms with Gasteiger partial charge in [-0.3, -0.25) is 9.36 Å². The first-order valence-corrected chi connectivity index (χ1v) is 9.21. The lowest BCUT2D eigenvalue weighted by atomic mass is 10.0. The van der Waals surface area contributed by atoms with E-state index in [1.54, 1.807) is 4.57 Å². The number of fused-ring (bicyclic) bond motifs is 1. The minimum atomic E-state index is -0.615. The predicted molar refractivity (Wildman–Crippen MR) is 113 cm³/mol. The highest BCUT2D eigenvalue weighted by atomic mass is 19.1. The number of hydrogen-bond acceptors (Lipinski definition) is 5. The molecule has 0 radical (unpaired) electrons. The van der Waals surface area contributed by atoms with Crippen LogP contribution in [0, 0.1) is 12.7 Å². The van der Waals surface area contributed by atoms with Crippen molar-refractivity contribution in [2.75, 3.05) is 11.1 Å². The molecule has 2 aromatic heterocycles. The van der Waals surface area contributed by atoms with Gasteiger partial charge in [-0.25, -0.2) is 9.37 Å². The number of pyridine rings is 1. The van der Waals surface area contributed by atoms with Crippen molar-refractivity contribution in [3.63, 3.8) is 0 Å². The van der Waals surface area contributed by atoms with Crippen LogP contribution in [0.25, 0.3) is 16.5 Å². The highest BCUT2D eigenvalue weighted by Crippen LogP contribution is 2.25. The zero-order valence-electron chi connectivity index (χ0n) is 16.1. The number of para-hydroxylation sites is 1. The molecule has 0 amide bonds. The van der Waals surface area contributed by atoms with Crippen LogP contribution < -0.4 is 16.6 Å². The first-order valence-electron chi connectivity index (χ1n) is 9.21. The van der Waals surface area contributed by atoms with Crippen LogP contribution in [0.3, 0.4) is 0 Å². The summed E-state index contributed by atoms with van der Waals surface area (Å²) >= 11 is 0. The number of nitrogens with zero attached hydrogens (tertiary/aromatic N) is 3. The van der Waals surface area contributed by atoms with Crippen LogP contribution in [-0.4, -0.2) is 14.5 Å². The maximum Gasteiger partial charge on any atom is 0.263 e. The third-order valence-corrected chi connectivity index (χ3v) is 4.86. The standard InChI is InChI=1S/C22H20FN5O/c1-13-7-6-8-15-11-18(14(2)26-20-17(23)12-25-22(24)27-20)28(21(29)19(13)15)16-9-4-3-5-10-16/h3-12,14H,1-2H3,(H3,24,25,26,27). The van der Waals surface area contributed by atoms with Gasteiger partial charge in [0.05, 0.1) is 17.6 Å². The van der Waals surface area contributed by atoms with Gasteiger partial charge >= 0.3 is 0 Å². The van der Waals surface area contributed by atoms with Gasteiger partial charge in [0, 0.05) is 11.4 Å². The van der Waals surface area contributed by atoms with Gasteiger partial charge in [0.25, 0.3) is 5.56 Å². The summed E-state index contributed by atoms with van der Waals surface area (Å²) in [6.07, 6.45) is 1.02. The van der Waals surface area contributed by atoms with E-state index in [9.17, 15) is 9.18 Å². The fourth-order valence-electron chi connectivity index (χ4n) is 3.48. The quantitative estimate of drug-likeness (QED) is 0.551. The average Bonchev–Trinajstić information content (AvgIpc) is 2.71. The molecule has 0 spiro atoms. The fraction of sp³-hybridized carbons (Fsp3) is 0.136. The van der Waals surface area contributed by atoms with Gasteiger partial charge in [0.1, 0.15) is 0 Å². The number of nitrogen functional groups attached to an aromatic ring is 1. The van der Waals surface area contributed by atoms with Gasteiger partial charge in [0.15, 0.2) is 11.6 Å². The van der Waals surface area contributed by atoms with E-state index in [0.29, 0.717) is 11.1 Å². The number of rotatable bonds is 4. The second kappa shape index (κ2) is 7.35. The molecule has 1 atom stereocenters. The van der Waals surface area contributed by atoms with Gasteiger partial charge in [0.2, 0.25) is 5.95 Å². The molecule has 6 nitrogen and oxygen atoms in total. The van der Waals surface area contributed by atoms with Crippen LogP contribution in [-0.2, 0) is 0 Å². The van der Waals surface area contributed by atoms with Crippen molar-refractivity contribution in [1.29, 1.82) is 0 Å². The lowest BCUT2D eigenvalue weighted by Gasteiger charge is -2.22. The molecule has 3 N–H and O–H groups in total. The Hall–Kier alpha value is -3.74. The average molecular weight is 389 g/mol. The Kier molecular flexibility index (Phi) is 4.72. The van der Waals surface area contributed by atoms with Crippen LogP contribution in [0.2, 0.25) is 0 Å². The molecule has 0 saturated heterocycles. The van der Waals surface area contributed by atoms with Crippen LogP contribution in [0.4, 0.5) is 16.2 Å². The van der Waals surface area contributed by atoms with Gasteiger partial charge in [-0.2, -0.15) is 4.98 Å². The Morgan fingerprint density at radius 2 is 1.90 bits per heavy atom. The molecule has 29 heavy (non-hydrogen) atoms. The number of halogens is 1. The third-order valence-electron chi connectivity index (χ3n) is 4.86. The molecular formula is C22H20FN5O. The molecule has 146 valence electrons. The minimum Gasteiger partial charge on any atom is -0.368 e. The Bertz CT molecular complexity index is 1250. The summed E-state index contributed by atoms with van der Waals surface area (Å²) in [7, 11) is 0. The van der Waals surface area contributed by atoms with Crippen molar-refractivity contribution in [2.24, 2.45) is 0 Å². The van der Waals surface area contributed by atoms with E-state index in [1.165, 1.54) is 0 Å². The zero-order chi connectivity index (χ0) is 20.5. The normalized spacial score (nSPS) is 12.1. The van der Waals surface area contributed by atoms with Crippen molar-refractivity contribution in [3.8, 4) is 5.69 Å². The highest BCUT2D eigenvalue weighted by molar-refractivity contribution is 5.85. The fourth-order valence-corrected chi connectivity index (χ4v) is 3.48. The molecule has 1 unspecified atom stereocenters. The summed E-state index contributed by atoms with van der Waals surface area (Å²) in [4.78, 5) is 21.0. The van der Waals surface area contributed by atoms with E-state index in [0.717, 1.165) is 22.8 Å². The van der Waals surface area contributed by atoms with Gasteiger partial charge in [-0.05, 0) is 43.0 Å². The second-order valence-electron chi connectivity index (χ2n) is 6.88. The molecule has 0 aliphatic heterocycles. The first kappa shape index (κ1) is 18.6. The highest BCUT2D eigenvalue weighted by Gasteiger charge is 2.19. The summed E-state index contributed by atoms with van der Waals surface area (Å²) in [6, 6.07) is 16.6. The molecule has 0 bridgehead atoms. The topological polar surface area (TPSA) is 85.8 Å². The van der Waals surface area contributed by atoms with Crippen LogP contribution in [0.1, 0.15) is 24.2 Å². The van der Waals surface area contributed by atoms with E-state index in [2.05, 4.69) is 15.3 Å². The SMILES string of the molecule is Cc1cccc2cc(C(C)Nc3nc(N)ncc3F)n(-c3ccccc3)c(=O)c12. The second-order valence-corrected chi connectivity index (χ2v) is 6.88. The van der Waals surface area contributed by atoms with Crippen molar-refractivity contribution in [1.82, 2.24) is 14.5 Å². The summed E-state index contributed by atoms with van der Waals surface area (Å²) in [5, 5.41) is 4.50. The smallest absolute Gasteiger partial charge is 0.263 e. The summed E-state index contributed by atoms with van der Waals surface area (Å²) < 4.78 is 15.8. The van der Waals surface area contributed by atoms with E-state index < -0.39 is 11.9 Å². The van der Waals surface area contributed by atoms with Crippen molar-refractivity contribution in [3.05, 3.63) is 88.2 Å². The largest absolute Gasteiger partial charge is 0.368 e. The molecule has 0 aliphatic carbocycles. The summed E-state index contributed by atoms with van der Waals surface area (Å²) in [6.45, 7) is 3.76. The van der Waals surface area contributed by atoms with Crippen molar-refractivity contribution in [2.45, 2.75) is 19.9 Å². The molecule has 0 fully saturated rings. The maximum absolute atomic E-state index is 14.1. The van der Waals surface area contributed by atoms with Crippen molar-refractivity contribution < 1.29 is 4.39 Å². The van der Waals surface area contributed by atoms with Crippen LogP contribution in [0.5, 0.6) is 0 Å². The molecule has 2 heterocycles. The number of anilines is 2. The Balaban J connectivity index is 1.93. The number of aromatic nitrogens is 3. The molecular weight excluding hydrogens is 369 g/mol. The monoisotopic (exact) mass is 389 g/mol. The van der Waals surface area contributed by atoms with E-state index in [1.807, 2.05) is 68.4 Å². The van der Waals surface area contributed by atoms with E-state index in [4.69, 9.17) is 5.73 Å². The van der Waals surface area contributed by atoms with Crippen molar-refractivity contribution >= 4 is 22.5 Å². The maximum atomic E-state index is 14.1. The molecule has 4 rings (SSSR count). The Morgan fingerprint density at radius 1 is 1.14 bits per heavy atom. The van der Waals surface area contributed by atoms with Gasteiger partial charge < -0.3 is 11.1 Å². The van der Waals surface area contributed by atoms with Crippen LogP contribution >= 0.6 is 0 Å². The number of benzene rings is 2. The Morgan fingerprint density at radius 3 is 2.66 bits per heavy atom. The minimum absolute atomic E-state index is 0.0126. The molecule has 7 heteroatoms. The number of nitrogens with one attached hydrogen (secondary N) is 1. The van der Waals surface area contributed by atoms with Gasteiger partial charge in [-0.15, -0.1) is 0 Å². The molecule has 0 saturated carbocycles. The number of aryl methyl sites for hydroxylation is 1. The lowest BCUT2D eigenvalue weighted by Crippen LogP contribution is -2.26. The van der Waals surface area contributed by atoms with E-state index in [-0.39, 0.29) is 17.3 Å². The number of hydrogen-bond donors (Lipinski definition) is 2. The molecule has 2 aromatic carbocycles. The Labute approximate surface area is 166 Å². The lowest BCUT2D eigenvalue weighted by molar-refractivity contribution is 0.613. The summed E-state index contributed by atoms with van der Waals surface area (Å²) in [5.74, 6) is -0.659. The molecule has 0 aliphatic rings.